The Labute approximate surface area is 174 Å². The second-order valence-corrected chi connectivity index (χ2v) is 8.26. The lowest BCUT2D eigenvalue weighted by molar-refractivity contribution is -0.115. The average Bonchev–Trinajstić information content (AvgIpc) is 3.20. The Balaban J connectivity index is 1.70. The second-order valence-electron chi connectivity index (χ2n) is 7.19. The molecule has 0 bridgehead atoms. The minimum absolute atomic E-state index is 0.131. The minimum Gasteiger partial charge on any atom is -0.300 e. The van der Waals surface area contributed by atoms with Crippen molar-refractivity contribution in [2.24, 2.45) is 0 Å². The summed E-state index contributed by atoms with van der Waals surface area (Å²) in [5, 5.41) is 17.2. The molecule has 0 saturated carbocycles. The van der Waals surface area contributed by atoms with Gasteiger partial charge in [-0.2, -0.15) is 5.10 Å². The molecule has 29 heavy (non-hydrogen) atoms. The van der Waals surface area contributed by atoms with Crippen molar-refractivity contribution >= 4 is 22.4 Å². The molecule has 0 unspecified atom stereocenters. The molecule has 0 fully saturated rings. The number of aryl methyl sites for hydroxylation is 4. The summed E-state index contributed by atoms with van der Waals surface area (Å²) in [5.41, 5.74) is 4.28. The van der Waals surface area contributed by atoms with E-state index in [4.69, 9.17) is 0 Å². The fraction of sp³-hybridized carbons (Fsp3) is 0.500. The Morgan fingerprint density at radius 2 is 1.83 bits per heavy atom. The summed E-state index contributed by atoms with van der Waals surface area (Å²) in [4.78, 5) is 21.5. The Morgan fingerprint density at radius 3 is 2.52 bits per heavy atom. The first-order valence-corrected chi connectivity index (χ1v) is 10.7. The van der Waals surface area contributed by atoms with Crippen LogP contribution < -0.4 is 5.32 Å². The highest BCUT2D eigenvalue weighted by atomic mass is 32.1. The van der Waals surface area contributed by atoms with Crippen LogP contribution in [-0.4, -0.2) is 35.9 Å². The summed E-state index contributed by atoms with van der Waals surface area (Å²) < 4.78 is 1.70. The maximum absolute atomic E-state index is 12.6. The number of rotatable bonds is 8. The van der Waals surface area contributed by atoms with E-state index in [0.717, 1.165) is 46.2 Å². The van der Waals surface area contributed by atoms with Crippen molar-refractivity contribution in [3.63, 3.8) is 0 Å². The molecule has 0 atom stereocenters. The number of aromatic nitrogens is 6. The van der Waals surface area contributed by atoms with Gasteiger partial charge in [0.1, 0.15) is 5.01 Å². The molecule has 3 heterocycles. The number of hydrogen-bond donors (Lipinski definition) is 1. The third-order valence-electron chi connectivity index (χ3n) is 4.65. The van der Waals surface area contributed by atoms with Crippen molar-refractivity contribution < 1.29 is 4.79 Å². The molecule has 0 aliphatic rings. The van der Waals surface area contributed by atoms with Crippen molar-refractivity contribution in [1.82, 2.24) is 29.9 Å². The predicted molar refractivity (Wildman–Crippen MR) is 114 cm³/mol. The zero-order valence-corrected chi connectivity index (χ0v) is 18.4. The first kappa shape index (κ1) is 21.0. The average molecular weight is 414 g/mol. The maximum Gasteiger partial charge on any atom is 0.251 e. The number of amides is 1. The van der Waals surface area contributed by atoms with Gasteiger partial charge in [-0.3, -0.25) is 4.79 Å². The van der Waals surface area contributed by atoms with Crippen LogP contribution in [0.3, 0.4) is 0 Å². The summed E-state index contributed by atoms with van der Waals surface area (Å²) >= 11 is 1.44. The van der Waals surface area contributed by atoms with Gasteiger partial charge in [0.05, 0.1) is 12.1 Å². The molecule has 0 aromatic carbocycles. The van der Waals surface area contributed by atoms with Crippen LogP contribution in [0.5, 0.6) is 0 Å². The summed E-state index contributed by atoms with van der Waals surface area (Å²) in [6.07, 6.45) is 4.56. The van der Waals surface area contributed by atoms with E-state index in [-0.39, 0.29) is 12.3 Å². The van der Waals surface area contributed by atoms with E-state index in [1.165, 1.54) is 24.2 Å². The lowest BCUT2D eigenvalue weighted by atomic mass is 10.1. The zero-order valence-electron chi connectivity index (χ0n) is 17.6. The van der Waals surface area contributed by atoms with Crippen LogP contribution in [0.4, 0.5) is 5.13 Å². The first-order chi connectivity index (χ1) is 13.9. The standard InChI is InChI=1S/C20H27N7OS/c1-6-7-8-9-18-24-25-20(29-18)23-17(28)11-16-14(4)26-27(15(16)5)19-21-12(2)10-13(3)22-19/h10H,6-9,11H2,1-5H3,(H,23,25,28). The number of hydrogen-bond acceptors (Lipinski definition) is 7. The highest BCUT2D eigenvalue weighted by Crippen LogP contribution is 2.20. The van der Waals surface area contributed by atoms with Crippen molar-refractivity contribution in [2.45, 2.75) is 66.7 Å². The van der Waals surface area contributed by atoms with Crippen LogP contribution >= 0.6 is 11.3 Å². The summed E-state index contributed by atoms with van der Waals surface area (Å²) in [5.74, 6) is 0.393. The molecular formula is C20H27N7OS. The lowest BCUT2D eigenvalue weighted by Crippen LogP contribution is -2.15. The summed E-state index contributed by atoms with van der Waals surface area (Å²) in [7, 11) is 0. The molecule has 3 aromatic heterocycles. The van der Waals surface area contributed by atoms with Crippen LogP contribution in [0.25, 0.3) is 5.95 Å². The zero-order chi connectivity index (χ0) is 21.0. The Morgan fingerprint density at radius 1 is 1.10 bits per heavy atom. The molecule has 0 aliphatic heterocycles. The van der Waals surface area contributed by atoms with Gasteiger partial charge in [-0.05, 0) is 40.2 Å². The van der Waals surface area contributed by atoms with Crippen LogP contribution in [0.15, 0.2) is 6.07 Å². The van der Waals surface area contributed by atoms with Crippen LogP contribution in [-0.2, 0) is 17.6 Å². The third kappa shape index (κ3) is 5.23. The van der Waals surface area contributed by atoms with E-state index in [0.29, 0.717) is 11.1 Å². The van der Waals surface area contributed by atoms with Gasteiger partial charge in [0, 0.05) is 29.1 Å². The molecule has 1 N–H and O–H groups in total. The Kier molecular flexibility index (Phi) is 6.68. The van der Waals surface area contributed by atoms with Gasteiger partial charge >= 0.3 is 0 Å². The molecule has 0 aliphatic carbocycles. The summed E-state index contributed by atoms with van der Waals surface area (Å²) in [6.45, 7) is 9.85. The molecule has 154 valence electrons. The van der Waals surface area contributed by atoms with E-state index >= 15 is 0 Å². The van der Waals surface area contributed by atoms with Gasteiger partial charge in [0.2, 0.25) is 11.0 Å². The van der Waals surface area contributed by atoms with E-state index in [1.54, 1.807) is 4.68 Å². The third-order valence-corrected chi connectivity index (χ3v) is 5.54. The van der Waals surface area contributed by atoms with Crippen LogP contribution in [0.1, 0.15) is 59.5 Å². The number of carbonyl (C=O) groups is 1. The number of anilines is 1. The minimum atomic E-state index is -0.131. The molecule has 0 radical (unpaired) electrons. The smallest absolute Gasteiger partial charge is 0.251 e. The van der Waals surface area contributed by atoms with E-state index in [2.05, 4.69) is 37.5 Å². The Bertz CT molecular complexity index is 988. The molecule has 8 nitrogen and oxygen atoms in total. The first-order valence-electron chi connectivity index (χ1n) is 9.87. The predicted octanol–water partition coefficient (Wildman–Crippen LogP) is 3.66. The van der Waals surface area contributed by atoms with Gasteiger partial charge in [-0.15, -0.1) is 10.2 Å². The highest BCUT2D eigenvalue weighted by Gasteiger charge is 2.18. The molecule has 9 heteroatoms. The second kappa shape index (κ2) is 9.21. The number of unbranched alkanes of at least 4 members (excludes halogenated alkanes) is 2. The lowest BCUT2D eigenvalue weighted by Gasteiger charge is -2.06. The van der Waals surface area contributed by atoms with Crippen LogP contribution in [0.2, 0.25) is 0 Å². The van der Waals surface area contributed by atoms with Gasteiger partial charge in [0.15, 0.2) is 0 Å². The fourth-order valence-electron chi connectivity index (χ4n) is 3.18. The maximum atomic E-state index is 12.6. The van der Waals surface area contributed by atoms with E-state index in [1.807, 2.05) is 33.8 Å². The number of nitrogens with one attached hydrogen (secondary N) is 1. The van der Waals surface area contributed by atoms with Gasteiger partial charge in [-0.25, -0.2) is 14.6 Å². The molecule has 0 spiro atoms. The van der Waals surface area contributed by atoms with Crippen LogP contribution in [0, 0.1) is 27.7 Å². The molecule has 0 saturated heterocycles. The molecule has 1 amide bonds. The monoisotopic (exact) mass is 413 g/mol. The van der Waals surface area contributed by atoms with Crippen molar-refractivity contribution in [3.8, 4) is 5.95 Å². The number of nitrogens with zero attached hydrogens (tertiary/aromatic N) is 6. The molecule has 3 aromatic rings. The normalized spacial score (nSPS) is 11.1. The van der Waals surface area contributed by atoms with Crippen molar-refractivity contribution in [1.29, 1.82) is 0 Å². The van der Waals surface area contributed by atoms with Gasteiger partial charge < -0.3 is 5.32 Å². The molecular weight excluding hydrogens is 386 g/mol. The Hall–Kier alpha value is -2.68. The van der Waals surface area contributed by atoms with Gasteiger partial charge in [0.25, 0.3) is 5.95 Å². The summed E-state index contributed by atoms with van der Waals surface area (Å²) in [6, 6.07) is 1.92. The fourth-order valence-corrected chi connectivity index (χ4v) is 3.98. The van der Waals surface area contributed by atoms with Crippen molar-refractivity contribution in [3.05, 3.63) is 39.4 Å². The number of carbonyl (C=O) groups excluding carboxylic acids is 1. The quantitative estimate of drug-likeness (QED) is 0.566. The SMILES string of the molecule is CCCCCc1nnc(NC(=O)Cc2c(C)nn(-c3nc(C)cc(C)n3)c2C)s1. The van der Waals surface area contributed by atoms with E-state index < -0.39 is 0 Å². The van der Waals surface area contributed by atoms with Gasteiger partial charge in [-0.1, -0.05) is 31.1 Å². The largest absolute Gasteiger partial charge is 0.300 e. The molecule has 3 rings (SSSR count). The van der Waals surface area contributed by atoms with Crippen molar-refractivity contribution in [2.75, 3.05) is 5.32 Å². The van der Waals surface area contributed by atoms with E-state index in [9.17, 15) is 4.79 Å². The topological polar surface area (TPSA) is 98.5 Å². The highest BCUT2D eigenvalue weighted by molar-refractivity contribution is 7.15.